The summed E-state index contributed by atoms with van der Waals surface area (Å²) < 4.78 is 1.89. The van der Waals surface area contributed by atoms with Crippen molar-refractivity contribution in [2.24, 2.45) is 5.92 Å². The number of hydrogen-bond acceptors (Lipinski definition) is 2. The lowest BCUT2D eigenvalue weighted by molar-refractivity contribution is -0.140. The van der Waals surface area contributed by atoms with E-state index in [2.05, 4.69) is 18.8 Å². The molecule has 0 aliphatic heterocycles. The van der Waals surface area contributed by atoms with E-state index in [1.54, 1.807) is 0 Å². The third kappa shape index (κ3) is 2.62. The highest BCUT2D eigenvalue weighted by Crippen LogP contribution is 2.25. The molecular formula is C15H20N2O2. The van der Waals surface area contributed by atoms with Crippen LogP contribution in [-0.4, -0.2) is 20.6 Å². The number of benzene rings is 1. The molecule has 0 saturated carbocycles. The van der Waals surface area contributed by atoms with Crippen molar-refractivity contribution in [2.45, 2.75) is 39.7 Å². The maximum Gasteiger partial charge on any atom is 0.326 e. The first kappa shape index (κ1) is 13.6. The number of aliphatic carboxylic acids is 1. The van der Waals surface area contributed by atoms with E-state index in [9.17, 15) is 9.90 Å². The van der Waals surface area contributed by atoms with Gasteiger partial charge >= 0.3 is 5.97 Å². The molecule has 0 radical (unpaired) electrons. The van der Waals surface area contributed by atoms with Gasteiger partial charge in [-0.3, -0.25) is 0 Å². The van der Waals surface area contributed by atoms with Gasteiger partial charge in [0.2, 0.25) is 0 Å². The largest absolute Gasteiger partial charge is 0.480 e. The zero-order valence-corrected chi connectivity index (χ0v) is 11.6. The van der Waals surface area contributed by atoms with Gasteiger partial charge in [0.1, 0.15) is 11.9 Å². The molecule has 1 heterocycles. The topological polar surface area (TPSA) is 55.1 Å². The molecule has 2 aromatic rings. The Labute approximate surface area is 113 Å². The van der Waals surface area contributed by atoms with Gasteiger partial charge < -0.3 is 9.67 Å². The average molecular weight is 260 g/mol. The summed E-state index contributed by atoms with van der Waals surface area (Å²) in [6.45, 7) is 6.13. The molecule has 1 aromatic heterocycles. The van der Waals surface area contributed by atoms with Crippen LogP contribution in [0.5, 0.6) is 0 Å². The maximum atomic E-state index is 11.5. The molecule has 0 bridgehead atoms. The Hall–Kier alpha value is -1.84. The summed E-state index contributed by atoms with van der Waals surface area (Å²) in [6.07, 6.45) is 1.35. The minimum atomic E-state index is -0.796. The lowest BCUT2D eigenvalue weighted by Crippen LogP contribution is -2.21. The first-order valence-electron chi connectivity index (χ1n) is 6.73. The molecule has 0 saturated heterocycles. The van der Waals surface area contributed by atoms with Gasteiger partial charge in [-0.15, -0.1) is 0 Å². The van der Waals surface area contributed by atoms with Crippen LogP contribution in [0.25, 0.3) is 11.0 Å². The SMILES string of the molecule is CC[C@@H](C(=O)O)n1c(CC(C)C)nc2ccccc21. The number of hydrogen-bond donors (Lipinski definition) is 1. The minimum Gasteiger partial charge on any atom is -0.480 e. The predicted octanol–water partition coefficient (Wildman–Crippen LogP) is 3.27. The Balaban J connectivity index is 2.62. The highest BCUT2D eigenvalue weighted by molar-refractivity contribution is 5.80. The van der Waals surface area contributed by atoms with Crippen LogP contribution < -0.4 is 0 Å². The van der Waals surface area contributed by atoms with Crippen LogP contribution >= 0.6 is 0 Å². The Morgan fingerprint density at radius 3 is 2.63 bits per heavy atom. The molecule has 19 heavy (non-hydrogen) atoms. The third-order valence-electron chi connectivity index (χ3n) is 3.24. The summed E-state index contributed by atoms with van der Waals surface area (Å²) in [5.74, 6) is 0.517. The van der Waals surface area contributed by atoms with E-state index in [-0.39, 0.29) is 0 Å². The number of aromatic nitrogens is 2. The first-order chi connectivity index (χ1) is 9.04. The monoisotopic (exact) mass is 260 g/mol. The van der Waals surface area contributed by atoms with Crippen molar-refractivity contribution in [3.8, 4) is 0 Å². The summed E-state index contributed by atoms with van der Waals surface area (Å²) in [6, 6.07) is 7.19. The standard InChI is InChI=1S/C15H20N2O2/c1-4-12(15(18)19)17-13-8-6-5-7-11(13)16-14(17)9-10(2)3/h5-8,10,12H,4,9H2,1-3H3,(H,18,19)/t12-/m0/s1. The number of fused-ring (bicyclic) bond motifs is 1. The molecule has 1 atom stereocenters. The van der Waals surface area contributed by atoms with E-state index in [1.165, 1.54) is 0 Å². The van der Waals surface area contributed by atoms with Gasteiger partial charge in [0.15, 0.2) is 0 Å². The molecule has 4 nitrogen and oxygen atoms in total. The molecular weight excluding hydrogens is 240 g/mol. The molecule has 0 spiro atoms. The van der Waals surface area contributed by atoms with Crippen molar-refractivity contribution >= 4 is 17.0 Å². The van der Waals surface area contributed by atoms with Gasteiger partial charge in [0.25, 0.3) is 0 Å². The van der Waals surface area contributed by atoms with Gasteiger partial charge in [-0.2, -0.15) is 0 Å². The summed E-state index contributed by atoms with van der Waals surface area (Å²) in [5.41, 5.74) is 1.78. The molecule has 0 amide bonds. The Bertz CT molecular complexity index is 587. The molecule has 0 unspecified atom stereocenters. The van der Waals surface area contributed by atoms with Crippen molar-refractivity contribution in [2.75, 3.05) is 0 Å². The van der Waals surface area contributed by atoms with Crippen molar-refractivity contribution < 1.29 is 9.90 Å². The Morgan fingerprint density at radius 1 is 1.37 bits per heavy atom. The molecule has 4 heteroatoms. The van der Waals surface area contributed by atoms with Crippen LogP contribution in [0.4, 0.5) is 0 Å². The lowest BCUT2D eigenvalue weighted by Gasteiger charge is -2.17. The van der Waals surface area contributed by atoms with Crippen LogP contribution in [0.2, 0.25) is 0 Å². The van der Waals surface area contributed by atoms with Gasteiger partial charge in [0, 0.05) is 6.42 Å². The summed E-state index contributed by atoms with van der Waals surface area (Å²) >= 11 is 0. The predicted molar refractivity (Wildman–Crippen MR) is 75.2 cm³/mol. The molecule has 2 rings (SSSR count). The number of carboxylic acids is 1. The van der Waals surface area contributed by atoms with Gasteiger partial charge in [0.05, 0.1) is 11.0 Å². The number of imidazole rings is 1. The number of nitrogens with zero attached hydrogens (tertiary/aromatic N) is 2. The summed E-state index contributed by atoms with van der Waals surface area (Å²) in [5, 5.41) is 9.41. The van der Waals surface area contributed by atoms with Gasteiger partial charge in [-0.25, -0.2) is 9.78 Å². The second-order valence-corrected chi connectivity index (χ2v) is 5.25. The third-order valence-corrected chi connectivity index (χ3v) is 3.24. The number of rotatable bonds is 5. The van der Waals surface area contributed by atoms with Crippen molar-refractivity contribution in [3.05, 3.63) is 30.1 Å². The van der Waals surface area contributed by atoms with E-state index in [0.29, 0.717) is 12.3 Å². The zero-order valence-electron chi connectivity index (χ0n) is 11.6. The second-order valence-electron chi connectivity index (χ2n) is 5.25. The Kier molecular flexibility index (Phi) is 3.88. The molecule has 0 aliphatic carbocycles. The number of carbonyl (C=O) groups is 1. The smallest absolute Gasteiger partial charge is 0.326 e. The van der Waals surface area contributed by atoms with Crippen LogP contribution in [-0.2, 0) is 11.2 Å². The fraction of sp³-hybridized carbons (Fsp3) is 0.467. The fourth-order valence-electron chi connectivity index (χ4n) is 2.42. The van der Waals surface area contributed by atoms with E-state index in [1.807, 2.05) is 35.8 Å². The quantitative estimate of drug-likeness (QED) is 0.897. The van der Waals surface area contributed by atoms with E-state index < -0.39 is 12.0 Å². The molecule has 0 aliphatic rings. The van der Waals surface area contributed by atoms with E-state index >= 15 is 0 Å². The van der Waals surface area contributed by atoms with Crippen molar-refractivity contribution in [1.82, 2.24) is 9.55 Å². The fourth-order valence-corrected chi connectivity index (χ4v) is 2.42. The highest BCUT2D eigenvalue weighted by Gasteiger charge is 2.23. The average Bonchev–Trinajstić information content (AvgIpc) is 2.68. The van der Waals surface area contributed by atoms with Crippen LogP contribution in [0, 0.1) is 5.92 Å². The zero-order chi connectivity index (χ0) is 14.0. The number of para-hydroxylation sites is 2. The van der Waals surface area contributed by atoms with Crippen LogP contribution in [0.15, 0.2) is 24.3 Å². The van der Waals surface area contributed by atoms with Crippen LogP contribution in [0.1, 0.15) is 39.1 Å². The highest BCUT2D eigenvalue weighted by atomic mass is 16.4. The Morgan fingerprint density at radius 2 is 2.05 bits per heavy atom. The molecule has 0 fully saturated rings. The molecule has 1 N–H and O–H groups in total. The summed E-state index contributed by atoms with van der Waals surface area (Å²) in [7, 11) is 0. The minimum absolute atomic E-state index is 0.446. The van der Waals surface area contributed by atoms with Crippen molar-refractivity contribution in [1.29, 1.82) is 0 Å². The van der Waals surface area contributed by atoms with Crippen LogP contribution in [0.3, 0.4) is 0 Å². The van der Waals surface area contributed by atoms with E-state index in [4.69, 9.17) is 0 Å². The van der Waals surface area contributed by atoms with Gasteiger partial charge in [-0.05, 0) is 24.5 Å². The summed E-state index contributed by atoms with van der Waals surface area (Å²) in [4.78, 5) is 16.1. The second kappa shape index (κ2) is 5.43. The number of carboxylic acid groups (broad SMARTS) is 1. The normalized spacial score (nSPS) is 13.1. The molecule has 102 valence electrons. The first-order valence-corrected chi connectivity index (χ1v) is 6.73. The maximum absolute atomic E-state index is 11.5. The van der Waals surface area contributed by atoms with E-state index in [0.717, 1.165) is 23.3 Å². The van der Waals surface area contributed by atoms with Gasteiger partial charge in [-0.1, -0.05) is 32.9 Å². The molecule has 1 aromatic carbocycles. The lowest BCUT2D eigenvalue weighted by atomic mass is 10.1. The van der Waals surface area contributed by atoms with Crippen molar-refractivity contribution in [3.63, 3.8) is 0 Å².